The van der Waals surface area contributed by atoms with Crippen LogP contribution < -0.4 is 5.32 Å². The molecule has 148 valence electrons. The van der Waals surface area contributed by atoms with Gasteiger partial charge in [-0.05, 0) is 43.7 Å². The van der Waals surface area contributed by atoms with Crippen LogP contribution in [0.4, 0.5) is 5.69 Å². The van der Waals surface area contributed by atoms with Gasteiger partial charge in [0.15, 0.2) is 0 Å². The van der Waals surface area contributed by atoms with E-state index >= 15 is 0 Å². The number of nitrogens with zero attached hydrogens (tertiary/aromatic N) is 2. The molecular weight excluding hydrogens is 397 g/mol. The number of halogens is 2. The lowest BCUT2D eigenvalue weighted by atomic mass is 9.99. The molecule has 0 aromatic heterocycles. The van der Waals surface area contributed by atoms with Crippen molar-refractivity contribution in [3.8, 4) is 0 Å². The largest absolute Gasteiger partial charge is 0.337 e. The fourth-order valence-electron chi connectivity index (χ4n) is 3.30. The maximum absolute atomic E-state index is 12.9. The van der Waals surface area contributed by atoms with E-state index in [0.29, 0.717) is 28.8 Å². The lowest BCUT2D eigenvalue weighted by Gasteiger charge is -2.33. The molecule has 3 rings (SSSR count). The molecule has 5 nitrogen and oxygen atoms in total. The van der Waals surface area contributed by atoms with Crippen molar-refractivity contribution in [2.24, 2.45) is 0 Å². The summed E-state index contributed by atoms with van der Waals surface area (Å²) in [6.07, 6.45) is 0.851. The molecule has 0 aliphatic carbocycles. The highest BCUT2D eigenvalue weighted by atomic mass is 35.5. The zero-order chi connectivity index (χ0) is 20.3. The normalized spacial score (nSPS) is 14.5. The number of carbonyl (C=O) groups excluding carboxylic acids is 2. The predicted octanol–water partition coefficient (Wildman–Crippen LogP) is 3.84. The van der Waals surface area contributed by atoms with E-state index in [1.54, 1.807) is 30.1 Å². The second-order valence-electron chi connectivity index (χ2n) is 7.01. The van der Waals surface area contributed by atoms with Gasteiger partial charge in [0.05, 0.1) is 28.3 Å². The highest BCUT2D eigenvalue weighted by Crippen LogP contribution is 2.29. The Labute approximate surface area is 175 Å². The number of para-hydroxylation sites is 1. The molecule has 7 heteroatoms. The zero-order valence-electron chi connectivity index (χ0n) is 15.9. The third-order valence-electron chi connectivity index (χ3n) is 5.08. The quantitative estimate of drug-likeness (QED) is 0.800. The second kappa shape index (κ2) is 8.95. The van der Waals surface area contributed by atoms with Crippen LogP contribution in [0.3, 0.4) is 0 Å². The fourth-order valence-corrected chi connectivity index (χ4v) is 3.79. The zero-order valence-corrected chi connectivity index (χ0v) is 17.4. The third kappa shape index (κ3) is 4.66. The first-order chi connectivity index (χ1) is 13.4. The van der Waals surface area contributed by atoms with Crippen molar-refractivity contribution in [3.05, 3.63) is 63.6 Å². The SMILES string of the molecule is C[C@@H](C(=O)N1CCc2ccccc2C1)N(C)CC(=O)Nc1c(Cl)cccc1Cl. The molecule has 28 heavy (non-hydrogen) atoms. The number of hydrogen-bond acceptors (Lipinski definition) is 3. The number of amides is 2. The molecule has 0 unspecified atom stereocenters. The van der Waals surface area contributed by atoms with Crippen molar-refractivity contribution < 1.29 is 9.59 Å². The number of nitrogens with one attached hydrogen (secondary N) is 1. The van der Waals surface area contributed by atoms with Crippen LogP contribution in [0.1, 0.15) is 18.1 Å². The fraction of sp³-hybridized carbons (Fsp3) is 0.333. The van der Waals surface area contributed by atoms with Gasteiger partial charge in [-0.25, -0.2) is 0 Å². The lowest BCUT2D eigenvalue weighted by molar-refractivity contribution is -0.137. The Bertz CT molecular complexity index is 867. The van der Waals surface area contributed by atoms with Crippen LogP contribution in [-0.2, 0) is 22.6 Å². The molecule has 2 aromatic carbocycles. The van der Waals surface area contributed by atoms with E-state index in [2.05, 4.69) is 17.4 Å². The summed E-state index contributed by atoms with van der Waals surface area (Å²) >= 11 is 12.2. The minimum absolute atomic E-state index is 0.0144. The van der Waals surface area contributed by atoms with E-state index < -0.39 is 6.04 Å². The van der Waals surface area contributed by atoms with Gasteiger partial charge in [-0.15, -0.1) is 0 Å². The van der Waals surface area contributed by atoms with Crippen molar-refractivity contribution in [2.45, 2.75) is 25.9 Å². The standard InChI is InChI=1S/C21H23Cl2N3O2/c1-14(21(28)26-11-10-15-6-3-4-7-16(15)12-26)25(2)13-19(27)24-20-17(22)8-5-9-18(20)23/h3-9,14H,10-13H2,1-2H3,(H,24,27)/t14-/m0/s1. The Morgan fingerprint density at radius 1 is 1.11 bits per heavy atom. The number of fused-ring (bicyclic) bond motifs is 1. The third-order valence-corrected chi connectivity index (χ3v) is 5.71. The predicted molar refractivity (Wildman–Crippen MR) is 113 cm³/mol. The van der Waals surface area contributed by atoms with Crippen LogP contribution >= 0.6 is 23.2 Å². The maximum atomic E-state index is 12.9. The molecule has 0 radical (unpaired) electrons. The highest BCUT2D eigenvalue weighted by Gasteiger charge is 2.27. The van der Waals surface area contributed by atoms with Crippen molar-refractivity contribution >= 4 is 40.7 Å². The first-order valence-corrected chi connectivity index (χ1v) is 9.92. The number of anilines is 1. The summed E-state index contributed by atoms with van der Waals surface area (Å²) in [6, 6.07) is 12.8. The molecule has 1 aliphatic rings. The summed E-state index contributed by atoms with van der Waals surface area (Å²) in [6.45, 7) is 3.17. The smallest absolute Gasteiger partial charge is 0.239 e. The maximum Gasteiger partial charge on any atom is 0.239 e. The first-order valence-electron chi connectivity index (χ1n) is 9.16. The monoisotopic (exact) mass is 419 g/mol. The summed E-state index contributed by atoms with van der Waals surface area (Å²) in [5.74, 6) is -0.262. The van der Waals surface area contributed by atoms with Gasteiger partial charge in [0.2, 0.25) is 11.8 Å². The molecule has 0 bridgehead atoms. The van der Waals surface area contributed by atoms with Gasteiger partial charge in [0, 0.05) is 13.1 Å². The number of benzene rings is 2. The molecule has 0 spiro atoms. The Morgan fingerprint density at radius 3 is 2.43 bits per heavy atom. The summed E-state index contributed by atoms with van der Waals surface area (Å²) in [7, 11) is 1.76. The minimum atomic E-state index is -0.419. The lowest BCUT2D eigenvalue weighted by Crippen LogP contribution is -2.49. The molecule has 0 fully saturated rings. The number of likely N-dealkylation sites (N-methyl/N-ethyl adjacent to an activating group) is 1. The summed E-state index contributed by atoms with van der Waals surface area (Å²) in [5.41, 5.74) is 2.86. The van der Waals surface area contributed by atoms with Gasteiger partial charge in [-0.3, -0.25) is 14.5 Å². The van der Waals surface area contributed by atoms with E-state index in [1.165, 1.54) is 11.1 Å². The second-order valence-corrected chi connectivity index (χ2v) is 7.83. The Morgan fingerprint density at radius 2 is 1.75 bits per heavy atom. The minimum Gasteiger partial charge on any atom is -0.337 e. The Balaban J connectivity index is 1.59. The molecule has 0 saturated heterocycles. The van der Waals surface area contributed by atoms with Gasteiger partial charge in [0.1, 0.15) is 0 Å². The van der Waals surface area contributed by atoms with E-state index in [9.17, 15) is 9.59 Å². The van der Waals surface area contributed by atoms with Gasteiger partial charge in [0.25, 0.3) is 0 Å². The van der Waals surface area contributed by atoms with Crippen molar-refractivity contribution in [1.29, 1.82) is 0 Å². The summed E-state index contributed by atoms with van der Waals surface area (Å²) < 4.78 is 0. The van der Waals surface area contributed by atoms with Gasteiger partial charge in [-0.1, -0.05) is 53.5 Å². The van der Waals surface area contributed by atoms with Crippen molar-refractivity contribution in [2.75, 3.05) is 25.5 Å². The van der Waals surface area contributed by atoms with Crippen LogP contribution in [0, 0.1) is 0 Å². The number of carbonyl (C=O) groups is 2. The van der Waals surface area contributed by atoms with Crippen molar-refractivity contribution in [1.82, 2.24) is 9.80 Å². The molecule has 1 N–H and O–H groups in total. The van der Waals surface area contributed by atoms with E-state index in [-0.39, 0.29) is 18.4 Å². The Kier molecular flexibility index (Phi) is 6.60. The molecule has 1 aliphatic heterocycles. The molecule has 2 aromatic rings. The van der Waals surface area contributed by atoms with E-state index in [1.807, 2.05) is 24.0 Å². The number of hydrogen-bond donors (Lipinski definition) is 1. The van der Waals surface area contributed by atoms with E-state index in [0.717, 1.165) is 6.42 Å². The molecule has 1 atom stereocenters. The van der Waals surface area contributed by atoms with E-state index in [4.69, 9.17) is 23.2 Å². The summed E-state index contributed by atoms with van der Waals surface area (Å²) in [5, 5.41) is 3.48. The van der Waals surface area contributed by atoms with Crippen LogP contribution in [0.15, 0.2) is 42.5 Å². The summed E-state index contributed by atoms with van der Waals surface area (Å²) in [4.78, 5) is 28.9. The first kappa shape index (κ1) is 20.6. The average Bonchev–Trinajstić information content (AvgIpc) is 2.69. The van der Waals surface area contributed by atoms with Gasteiger partial charge in [-0.2, -0.15) is 0 Å². The van der Waals surface area contributed by atoms with Crippen LogP contribution in [-0.4, -0.2) is 47.8 Å². The molecular formula is C21H23Cl2N3O2. The van der Waals surface area contributed by atoms with Crippen LogP contribution in [0.25, 0.3) is 0 Å². The average molecular weight is 420 g/mol. The van der Waals surface area contributed by atoms with Crippen molar-refractivity contribution in [3.63, 3.8) is 0 Å². The topological polar surface area (TPSA) is 52.7 Å². The highest BCUT2D eigenvalue weighted by molar-refractivity contribution is 6.39. The molecule has 2 amide bonds. The Hall–Kier alpha value is -2.08. The van der Waals surface area contributed by atoms with Crippen LogP contribution in [0.5, 0.6) is 0 Å². The number of rotatable bonds is 5. The molecule has 1 heterocycles. The van der Waals surface area contributed by atoms with Gasteiger partial charge >= 0.3 is 0 Å². The molecule has 0 saturated carbocycles. The van der Waals surface area contributed by atoms with Gasteiger partial charge < -0.3 is 10.2 Å². The van der Waals surface area contributed by atoms with Crippen LogP contribution in [0.2, 0.25) is 10.0 Å².